The standard InChI is InChI=1S/C18H11ClF4N2O2S2/c1-8-2-5-12(28-8)11(26)7-14(18(21,22)23)24-25-17(27)16-15(19)10-4-3-9(20)6-13(10)29-16/h2-6H,7H2,1H3,(H,25,27)/b24-14+. The quantitative estimate of drug-likeness (QED) is 0.219. The number of amides is 1. The lowest BCUT2D eigenvalue weighted by atomic mass is 10.1. The molecule has 1 amide bonds. The predicted octanol–water partition coefficient (Wildman–Crippen LogP) is 5.98. The number of thiophene rings is 2. The SMILES string of the molecule is Cc1ccc(C(=O)C/C(=N\NC(=O)c2sc3cc(F)ccc3c2Cl)C(F)(F)F)s1. The minimum absolute atomic E-state index is 0.0172. The van der Waals surface area contributed by atoms with E-state index >= 15 is 0 Å². The second kappa shape index (κ2) is 8.21. The van der Waals surface area contributed by atoms with Gasteiger partial charge in [0.25, 0.3) is 5.91 Å². The van der Waals surface area contributed by atoms with Crippen LogP contribution in [0, 0.1) is 12.7 Å². The Morgan fingerprint density at radius 3 is 2.52 bits per heavy atom. The Bertz CT molecular complexity index is 1130. The Balaban J connectivity index is 1.83. The van der Waals surface area contributed by atoms with Gasteiger partial charge in [0, 0.05) is 15.0 Å². The van der Waals surface area contributed by atoms with Gasteiger partial charge >= 0.3 is 6.18 Å². The van der Waals surface area contributed by atoms with Crippen molar-refractivity contribution in [3.63, 3.8) is 0 Å². The Kier molecular flexibility index (Phi) is 6.06. The van der Waals surface area contributed by atoms with Crippen LogP contribution in [0.15, 0.2) is 35.4 Å². The minimum atomic E-state index is -4.91. The van der Waals surface area contributed by atoms with Crippen LogP contribution in [0.5, 0.6) is 0 Å². The highest BCUT2D eigenvalue weighted by Gasteiger charge is 2.38. The molecule has 0 aliphatic carbocycles. The van der Waals surface area contributed by atoms with E-state index in [1.54, 1.807) is 18.4 Å². The molecular weight excluding hydrogens is 452 g/mol. The average molecular weight is 463 g/mol. The molecule has 2 heterocycles. The van der Waals surface area contributed by atoms with Crippen molar-refractivity contribution >= 4 is 61.8 Å². The van der Waals surface area contributed by atoms with Crippen molar-refractivity contribution in [1.82, 2.24) is 5.43 Å². The number of nitrogens with one attached hydrogen (secondary N) is 1. The Morgan fingerprint density at radius 2 is 1.90 bits per heavy atom. The predicted molar refractivity (Wildman–Crippen MR) is 106 cm³/mol. The van der Waals surface area contributed by atoms with Crippen LogP contribution in [0.25, 0.3) is 10.1 Å². The van der Waals surface area contributed by atoms with E-state index in [2.05, 4.69) is 5.10 Å². The van der Waals surface area contributed by atoms with Gasteiger partial charge < -0.3 is 0 Å². The molecule has 0 unspecified atom stereocenters. The molecule has 1 aromatic carbocycles. The number of ketones is 1. The second-order valence-corrected chi connectivity index (χ2v) is 8.61. The molecule has 0 radical (unpaired) electrons. The molecule has 11 heteroatoms. The van der Waals surface area contributed by atoms with E-state index in [0.29, 0.717) is 10.1 Å². The van der Waals surface area contributed by atoms with E-state index in [1.165, 1.54) is 12.1 Å². The molecule has 0 atom stereocenters. The highest BCUT2D eigenvalue weighted by molar-refractivity contribution is 7.21. The van der Waals surface area contributed by atoms with Crippen LogP contribution >= 0.6 is 34.3 Å². The van der Waals surface area contributed by atoms with E-state index in [4.69, 9.17) is 11.6 Å². The summed E-state index contributed by atoms with van der Waals surface area (Å²) in [4.78, 5) is 25.2. The van der Waals surface area contributed by atoms with Crippen LogP contribution in [0.2, 0.25) is 5.02 Å². The first kappa shape index (κ1) is 21.4. The van der Waals surface area contributed by atoms with Crippen LogP contribution in [0.4, 0.5) is 17.6 Å². The van der Waals surface area contributed by atoms with Crippen LogP contribution in [-0.4, -0.2) is 23.6 Å². The number of hydrogen-bond donors (Lipinski definition) is 1. The van der Waals surface area contributed by atoms with Gasteiger partial charge in [-0.1, -0.05) is 11.6 Å². The van der Waals surface area contributed by atoms with E-state index in [1.807, 2.05) is 0 Å². The van der Waals surface area contributed by atoms with Gasteiger partial charge in [0.2, 0.25) is 0 Å². The Labute approximate surface area is 174 Å². The number of nitrogens with zero attached hydrogens (tertiary/aromatic N) is 1. The lowest BCUT2D eigenvalue weighted by Crippen LogP contribution is -2.30. The molecule has 29 heavy (non-hydrogen) atoms. The lowest BCUT2D eigenvalue weighted by molar-refractivity contribution is -0.0605. The maximum absolute atomic E-state index is 13.3. The number of halogens is 5. The van der Waals surface area contributed by atoms with Crippen LogP contribution < -0.4 is 5.43 Å². The summed E-state index contributed by atoms with van der Waals surface area (Å²) in [5.41, 5.74) is 0.357. The zero-order chi connectivity index (χ0) is 21.3. The number of Topliss-reactive ketones (excluding diaryl/α,β-unsaturated/α-hetero) is 1. The highest BCUT2D eigenvalue weighted by Crippen LogP contribution is 2.35. The minimum Gasteiger partial charge on any atom is -0.293 e. The maximum Gasteiger partial charge on any atom is 0.431 e. The van der Waals surface area contributed by atoms with Crippen molar-refractivity contribution in [3.05, 3.63) is 55.8 Å². The fraction of sp³-hybridized carbons (Fsp3) is 0.167. The summed E-state index contributed by atoms with van der Waals surface area (Å²) >= 11 is 7.97. The monoisotopic (exact) mass is 462 g/mol. The van der Waals surface area contributed by atoms with Gasteiger partial charge in [0.05, 0.1) is 16.3 Å². The second-order valence-electron chi connectivity index (χ2n) is 5.89. The summed E-state index contributed by atoms with van der Waals surface area (Å²) in [7, 11) is 0. The molecule has 0 spiro atoms. The number of aryl methyl sites for hydroxylation is 1. The number of carbonyl (C=O) groups excluding carboxylic acids is 2. The summed E-state index contributed by atoms with van der Waals surface area (Å²) in [6.45, 7) is 1.72. The third-order valence-electron chi connectivity index (χ3n) is 3.76. The van der Waals surface area contributed by atoms with Crippen LogP contribution in [0.1, 0.15) is 30.6 Å². The zero-order valence-electron chi connectivity index (χ0n) is 14.6. The molecule has 3 aromatic rings. The molecule has 0 aliphatic rings. The van der Waals surface area contributed by atoms with Gasteiger partial charge in [0.1, 0.15) is 16.4 Å². The molecule has 0 aliphatic heterocycles. The normalized spacial score (nSPS) is 12.4. The van der Waals surface area contributed by atoms with Gasteiger partial charge in [-0.3, -0.25) is 9.59 Å². The molecule has 0 bridgehead atoms. The van der Waals surface area contributed by atoms with Crippen molar-refractivity contribution in [2.24, 2.45) is 5.10 Å². The molecule has 3 rings (SSSR count). The van der Waals surface area contributed by atoms with Crippen LogP contribution in [-0.2, 0) is 0 Å². The Hall–Kier alpha value is -2.30. The van der Waals surface area contributed by atoms with Gasteiger partial charge in [-0.15, -0.1) is 22.7 Å². The van der Waals surface area contributed by atoms with Crippen molar-refractivity contribution in [2.45, 2.75) is 19.5 Å². The van der Waals surface area contributed by atoms with Gasteiger partial charge in [-0.25, -0.2) is 9.82 Å². The molecular formula is C18H11ClF4N2O2S2. The van der Waals surface area contributed by atoms with Crippen molar-refractivity contribution < 1.29 is 27.2 Å². The average Bonchev–Trinajstić information content (AvgIpc) is 3.20. The number of hydrazone groups is 1. The molecule has 0 fully saturated rings. The van der Waals surface area contributed by atoms with Crippen molar-refractivity contribution in [2.75, 3.05) is 0 Å². The van der Waals surface area contributed by atoms with Crippen molar-refractivity contribution in [3.8, 4) is 0 Å². The molecule has 4 nitrogen and oxygen atoms in total. The third-order valence-corrected chi connectivity index (χ3v) is 6.46. The molecule has 0 saturated carbocycles. The summed E-state index contributed by atoms with van der Waals surface area (Å²) in [6.07, 6.45) is -5.93. The number of fused-ring (bicyclic) bond motifs is 1. The highest BCUT2D eigenvalue weighted by atomic mass is 35.5. The van der Waals surface area contributed by atoms with E-state index in [-0.39, 0.29) is 14.8 Å². The fourth-order valence-corrected chi connectivity index (χ4v) is 4.62. The molecule has 152 valence electrons. The number of hydrogen-bond acceptors (Lipinski definition) is 5. The summed E-state index contributed by atoms with van der Waals surface area (Å²) in [6, 6.07) is 6.74. The molecule has 1 N–H and O–H groups in total. The van der Waals surface area contributed by atoms with E-state index in [9.17, 15) is 27.2 Å². The number of alkyl halides is 3. The van der Waals surface area contributed by atoms with Gasteiger partial charge in [-0.05, 0) is 37.3 Å². The van der Waals surface area contributed by atoms with Gasteiger partial charge in [0.15, 0.2) is 5.78 Å². The lowest BCUT2D eigenvalue weighted by Gasteiger charge is -2.09. The zero-order valence-corrected chi connectivity index (χ0v) is 17.0. The first-order valence-electron chi connectivity index (χ1n) is 7.97. The molecule has 2 aromatic heterocycles. The largest absolute Gasteiger partial charge is 0.431 e. The smallest absolute Gasteiger partial charge is 0.293 e. The molecule has 0 saturated heterocycles. The number of carbonyl (C=O) groups is 2. The number of benzene rings is 1. The first-order chi connectivity index (χ1) is 13.6. The van der Waals surface area contributed by atoms with Crippen LogP contribution in [0.3, 0.4) is 0 Å². The first-order valence-corrected chi connectivity index (χ1v) is 9.98. The Morgan fingerprint density at radius 1 is 1.17 bits per heavy atom. The van der Waals surface area contributed by atoms with E-state index in [0.717, 1.165) is 39.7 Å². The fourth-order valence-electron chi connectivity index (χ4n) is 2.38. The third kappa shape index (κ3) is 4.82. The van der Waals surface area contributed by atoms with E-state index < -0.39 is 35.8 Å². The summed E-state index contributed by atoms with van der Waals surface area (Å²) in [5.74, 6) is -2.29. The van der Waals surface area contributed by atoms with Gasteiger partial charge in [-0.2, -0.15) is 18.3 Å². The number of rotatable bonds is 5. The van der Waals surface area contributed by atoms with Crippen molar-refractivity contribution in [1.29, 1.82) is 0 Å². The summed E-state index contributed by atoms with van der Waals surface area (Å²) < 4.78 is 53.4. The topological polar surface area (TPSA) is 58.5 Å². The maximum atomic E-state index is 13.3. The summed E-state index contributed by atoms with van der Waals surface area (Å²) in [5, 5.41) is 3.50.